The zero-order valence-electron chi connectivity index (χ0n) is 18.8. The van der Waals surface area contributed by atoms with Crippen molar-refractivity contribution >= 4 is 11.3 Å². The largest absolute Gasteiger partial charge is 1.00 e. The second-order valence-corrected chi connectivity index (χ2v) is 8.58. The minimum Gasteiger partial charge on any atom is -1.00 e. The molecule has 1 aromatic heterocycles. The molecule has 2 heterocycles. The van der Waals surface area contributed by atoms with E-state index in [1.54, 1.807) is 0 Å². The topological polar surface area (TPSA) is 6.48 Å². The van der Waals surface area contributed by atoms with Crippen molar-refractivity contribution in [3.63, 3.8) is 0 Å². The van der Waals surface area contributed by atoms with Crippen molar-refractivity contribution in [2.24, 2.45) is 0 Å². The van der Waals surface area contributed by atoms with Gasteiger partial charge in [-0.05, 0) is 28.1 Å². The summed E-state index contributed by atoms with van der Waals surface area (Å²) in [5, 5.41) is 2.15. The first-order valence-electron chi connectivity index (χ1n) is 10.3. The van der Waals surface area contributed by atoms with Crippen LogP contribution in [0.3, 0.4) is 0 Å². The summed E-state index contributed by atoms with van der Waals surface area (Å²) in [6, 6.07) is 36.9. The number of hydrogen-bond donors (Lipinski definition) is 0. The van der Waals surface area contributed by atoms with E-state index in [0.29, 0.717) is 0 Å². The first-order chi connectivity index (χ1) is 14.9. The molecular formula is C27H25N2NaS. The van der Waals surface area contributed by atoms with Gasteiger partial charge in [0.15, 0.2) is 0 Å². The SMILES string of the molecule is C1=CN(C(c2ccccc2)(c2ccccc2)c2ccccc2)CN1Cc1cccs1.[H-].[Na+]. The molecule has 0 fully saturated rings. The Kier molecular flexibility index (Phi) is 6.99. The summed E-state index contributed by atoms with van der Waals surface area (Å²) in [5.41, 5.74) is 3.41. The van der Waals surface area contributed by atoms with Gasteiger partial charge in [0.25, 0.3) is 0 Å². The zero-order chi connectivity index (χ0) is 20.2. The Morgan fingerprint density at radius 3 is 1.65 bits per heavy atom. The van der Waals surface area contributed by atoms with E-state index in [4.69, 9.17) is 0 Å². The molecule has 4 heteroatoms. The van der Waals surface area contributed by atoms with Crippen LogP contribution in [0.5, 0.6) is 0 Å². The Bertz CT molecular complexity index is 1010. The molecule has 0 N–H and O–H groups in total. The van der Waals surface area contributed by atoms with Crippen molar-refractivity contribution in [1.82, 2.24) is 9.80 Å². The van der Waals surface area contributed by atoms with Crippen LogP contribution in [-0.2, 0) is 12.1 Å². The third kappa shape index (κ3) is 4.24. The van der Waals surface area contributed by atoms with E-state index in [0.717, 1.165) is 13.2 Å². The van der Waals surface area contributed by atoms with Crippen LogP contribution in [0.4, 0.5) is 0 Å². The van der Waals surface area contributed by atoms with Gasteiger partial charge in [0.1, 0.15) is 5.54 Å². The van der Waals surface area contributed by atoms with E-state index in [2.05, 4.69) is 131 Å². The van der Waals surface area contributed by atoms with Crippen LogP contribution in [-0.4, -0.2) is 16.5 Å². The number of nitrogens with zero attached hydrogens (tertiary/aromatic N) is 2. The number of rotatable bonds is 6. The quantitative estimate of drug-likeness (QED) is 0.340. The van der Waals surface area contributed by atoms with Gasteiger partial charge in [-0.2, -0.15) is 0 Å². The van der Waals surface area contributed by atoms with Crippen molar-refractivity contribution < 1.29 is 31.0 Å². The summed E-state index contributed by atoms with van der Waals surface area (Å²) in [7, 11) is 0. The van der Waals surface area contributed by atoms with Crippen LogP contribution in [0, 0.1) is 0 Å². The molecule has 0 radical (unpaired) electrons. The number of hydrogen-bond acceptors (Lipinski definition) is 3. The summed E-state index contributed by atoms with van der Waals surface area (Å²) in [6.07, 6.45) is 4.48. The van der Waals surface area contributed by atoms with Gasteiger partial charge in [-0.15, -0.1) is 11.3 Å². The molecule has 3 aromatic carbocycles. The monoisotopic (exact) mass is 432 g/mol. The predicted molar refractivity (Wildman–Crippen MR) is 126 cm³/mol. The summed E-state index contributed by atoms with van der Waals surface area (Å²) in [6.45, 7) is 1.76. The molecule has 0 unspecified atom stereocenters. The fourth-order valence-electron chi connectivity index (χ4n) is 4.42. The number of thiophene rings is 1. The minimum atomic E-state index is -0.398. The smallest absolute Gasteiger partial charge is 1.00 e. The first kappa shape index (κ1) is 21.9. The fourth-order valence-corrected chi connectivity index (χ4v) is 5.15. The van der Waals surface area contributed by atoms with Gasteiger partial charge in [-0.1, -0.05) is 97.1 Å². The summed E-state index contributed by atoms with van der Waals surface area (Å²) in [4.78, 5) is 6.24. The van der Waals surface area contributed by atoms with Crippen LogP contribution in [0.15, 0.2) is 121 Å². The molecule has 5 rings (SSSR count). The minimum absolute atomic E-state index is 0. The second-order valence-electron chi connectivity index (χ2n) is 7.54. The predicted octanol–water partition coefficient (Wildman–Crippen LogP) is 3.40. The summed E-state index contributed by atoms with van der Waals surface area (Å²) >= 11 is 1.81. The van der Waals surface area contributed by atoms with Gasteiger partial charge in [-0.25, -0.2) is 0 Å². The van der Waals surface area contributed by atoms with E-state index in [1.807, 2.05) is 11.3 Å². The Morgan fingerprint density at radius 2 is 1.19 bits per heavy atom. The van der Waals surface area contributed by atoms with Crippen molar-refractivity contribution in [2.75, 3.05) is 6.67 Å². The maximum absolute atomic E-state index is 2.47. The van der Waals surface area contributed by atoms with Gasteiger partial charge in [-0.3, -0.25) is 0 Å². The molecule has 0 saturated heterocycles. The second kappa shape index (κ2) is 9.88. The fraction of sp³-hybridized carbons (Fsp3) is 0.111. The maximum Gasteiger partial charge on any atom is 1.00 e. The normalized spacial score (nSPS) is 13.3. The van der Waals surface area contributed by atoms with E-state index in [-0.39, 0.29) is 31.0 Å². The average Bonchev–Trinajstić information content (AvgIpc) is 3.50. The first-order valence-corrected chi connectivity index (χ1v) is 11.1. The zero-order valence-corrected chi connectivity index (χ0v) is 20.6. The van der Waals surface area contributed by atoms with Crippen LogP contribution in [0.1, 0.15) is 23.0 Å². The average molecular weight is 433 g/mol. The van der Waals surface area contributed by atoms with Crippen LogP contribution in [0.25, 0.3) is 0 Å². The molecule has 2 nitrogen and oxygen atoms in total. The van der Waals surface area contributed by atoms with Gasteiger partial charge < -0.3 is 11.2 Å². The van der Waals surface area contributed by atoms with Crippen molar-refractivity contribution in [3.8, 4) is 0 Å². The molecule has 31 heavy (non-hydrogen) atoms. The van der Waals surface area contributed by atoms with E-state index in [9.17, 15) is 0 Å². The molecule has 0 spiro atoms. The Labute approximate surface area is 212 Å². The van der Waals surface area contributed by atoms with Gasteiger partial charge >= 0.3 is 29.6 Å². The van der Waals surface area contributed by atoms with Crippen LogP contribution in [0.2, 0.25) is 0 Å². The summed E-state index contributed by atoms with van der Waals surface area (Å²) < 4.78 is 0. The van der Waals surface area contributed by atoms with Crippen molar-refractivity contribution in [1.29, 1.82) is 0 Å². The molecule has 0 atom stereocenters. The molecule has 4 aromatic rings. The molecule has 0 bridgehead atoms. The van der Waals surface area contributed by atoms with Gasteiger partial charge in [0, 0.05) is 17.3 Å². The molecule has 150 valence electrons. The summed E-state index contributed by atoms with van der Waals surface area (Å²) in [5.74, 6) is 0. The molecule has 1 aliphatic rings. The Hall–Kier alpha value is -2.30. The van der Waals surface area contributed by atoms with Gasteiger partial charge in [0.05, 0.1) is 13.2 Å². The van der Waals surface area contributed by atoms with E-state index in [1.165, 1.54) is 21.6 Å². The molecule has 0 aliphatic carbocycles. The van der Waals surface area contributed by atoms with E-state index >= 15 is 0 Å². The Morgan fingerprint density at radius 1 is 0.677 bits per heavy atom. The van der Waals surface area contributed by atoms with Crippen molar-refractivity contribution in [3.05, 3.63) is 142 Å². The molecule has 0 amide bonds. The standard InChI is InChI=1S/C27H24N2S.Na.H/c1-4-11-23(12-5-1)27(24-13-6-2-7-14-24,25-15-8-3-9-16-25)29-19-18-28(22-29)21-26-17-10-20-30-26;;/h1-20H,21-22H2;;/q;+1;-1. The van der Waals surface area contributed by atoms with Crippen LogP contribution >= 0.6 is 11.3 Å². The van der Waals surface area contributed by atoms with Crippen molar-refractivity contribution in [2.45, 2.75) is 12.1 Å². The Balaban J connectivity index is 0.00000144. The maximum atomic E-state index is 2.47. The molecule has 0 saturated carbocycles. The third-order valence-corrected chi connectivity index (χ3v) is 6.60. The molecule has 1 aliphatic heterocycles. The van der Waals surface area contributed by atoms with Gasteiger partial charge in [0.2, 0.25) is 0 Å². The number of benzene rings is 3. The molecular weight excluding hydrogens is 407 g/mol. The van der Waals surface area contributed by atoms with E-state index < -0.39 is 5.54 Å². The third-order valence-electron chi connectivity index (χ3n) is 5.74. The van der Waals surface area contributed by atoms with Crippen LogP contribution < -0.4 is 29.6 Å².